The average molecular weight is 312 g/mol. The van der Waals surface area contributed by atoms with Crippen molar-refractivity contribution in [2.75, 3.05) is 36.5 Å². The van der Waals surface area contributed by atoms with E-state index in [4.69, 9.17) is 5.73 Å². The molecular weight excluding hydrogens is 294 g/mol. The smallest absolute Gasteiger partial charge is 0.240 e. The van der Waals surface area contributed by atoms with Crippen LogP contribution in [0.1, 0.15) is 12.0 Å². The third-order valence-electron chi connectivity index (χ3n) is 3.22. The van der Waals surface area contributed by atoms with Gasteiger partial charge in [-0.25, -0.2) is 0 Å². The lowest BCUT2D eigenvalue weighted by atomic mass is 10.1. The van der Waals surface area contributed by atoms with Gasteiger partial charge in [-0.1, -0.05) is 0 Å². The van der Waals surface area contributed by atoms with Gasteiger partial charge in [-0.3, -0.25) is 4.79 Å². The second kappa shape index (κ2) is 5.28. The molecule has 1 heterocycles. The van der Waals surface area contributed by atoms with Crippen LogP contribution in [0, 0.1) is 6.92 Å². The van der Waals surface area contributed by atoms with Gasteiger partial charge in [0.1, 0.15) is 0 Å². The number of hydrogen-bond acceptors (Lipinski definition) is 3. The topological polar surface area (TPSA) is 49.6 Å². The van der Waals surface area contributed by atoms with Crippen LogP contribution in [0.5, 0.6) is 0 Å². The Bertz CT molecular complexity index is 476. The molecule has 98 valence electrons. The second-order valence-electron chi connectivity index (χ2n) is 4.64. The summed E-state index contributed by atoms with van der Waals surface area (Å²) < 4.78 is 0.952. The first-order chi connectivity index (χ1) is 8.54. The molecule has 4 nitrogen and oxygen atoms in total. The molecule has 0 radical (unpaired) electrons. The van der Waals surface area contributed by atoms with Crippen molar-refractivity contribution in [3.63, 3.8) is 0 Å². The highest BCUT2D eigenvalue weighted by molar-refractivity contribution is 9.10. The minimum Gasteiger partial charge on any atom is -0.373 e. The Hall–Kier alpha value is -1.07. The summed E-state index contributed by atoms with van der Waals surface area (Å²) in [6.45, 7) is 3.76. The van der Waals surface area contributed by atoms with Crippen molar-refractivity contribution in [1.82, 2.24) is 0 Å². The van der Waals surface area contributed by atoms with Gasteiger partial charge in [0.05, 0.1) is 17.9 Å². The van der Waals surface area contributed by atoms with Crippen molar-refractivity contribution in [1.29, 1.82) is 0 Å². The van der Waals surface area contributed by atoms with E-state index in [0.29, 0.717) is 0 Å². The van der Waals surface area contributed by atoms with Gasteiger partial charge >= 0.3 is 0 Å². The van der Waals surface area contributed by atoms with Crippen LogP contribution < -0.4 is 15.5 Å². The lowest BCUT2D eigenvalue weighted by Gasteiger charge is -2.25. The molecule has 0 fully saturated rings. The van der Waals surface area contributed by atoms with E-state index in [1.54, 1.807) is 4.90 Å². The van der Waals surface area contributed by atoms with Crippen LogP contribution in [0.3, 0.4) is 0 Å². The monoisotopic (exact) mass is 311 g/mol. The zero-order valence-electron chi connectivity index (χ0n) is 10.7. The van der Waals surface area contributed by atoms with Crippen molar-refractivity contribution in [3.05, 3.63) is 22.2 Å². The maximum atomic E-state index is 12.0. The number of nitrogens with zero attached hydrogens (tertiary/aromatic N) is 2. The molecule has 2 rings (SSSR count). The highest BCUT2D eigenvalue weighted by Crippen LogP contribution is 2.39. The minimum absolute atomic E-state index is 0.0314. The number of benzene rings is 1. The minimum atomic E-state index is -0.0314. The van der Waals surface area contributed by atoms with Gasteiger partial charge in [-0.15, -0.1) is 0 Å². The van der Waals surface area contributed by atoms with Crippen molar-refractivity contribution >= 4 is 33.2 Å². The van der Waals surface area contributed by atoms with E-state index in [9.17, 15) is 4.79 Å². The molecule has 0 saturated carbocycles. The van der Waals surface area contributed by atoms with E-state index < -0.39 is 0 Å². The Labute approximate surface area is 116 Å². The summed E-state index contributed by atoms with van der Waals surface area (Å²) in [5.41, 5.74) is 8.71. The summed E-state index contributed by atoms with van der Waals surface area (Å²) in [6, 6.07) is 4.15. The van der Waals surface area contributed by atoms with Gasteiger partial charge in [0.25, 0.3) is 0 Å². The molecule has 1 aromatic carbocycles. The molecule has 5 heteroatoms. The van der Waals surface area contributed by atoms with Crippen molar-refractivity contribution in [3.8, 4) is 0 Å². The summed E-state index contributed by atoms with van der Waals surface area (Å²) in [5, 5.41) is 0. The Balaban J connectivity index is 2.58. The van der Waals surface area contributed by atoms with E-state index in [-0.39, 0.29) is 12.5 Å². The molecule has 0 spiro atoms. The Kier molecular flexibility index (Phi) is 3.92. The molecular formula is C13H18BrN3O. The fraction of sp³-hybridized carbons (Fsp3) is 0.462. The van der Waals surface area contributed by atoms with Crippen LogP contribution in [0.15, 0.2) is 16.6 Å². The zero-order valence-corrected chi connectivity index (χ0v) is 12.3. The highest BCUT2D eigenvalue weighted by Gasteiger charge is 2.25. The van der Waals surface area contributed by atoms with E-state index in [1.165, 1.54) is 5.56 Å². The molecule has 2 N–H and O–H groups in total. The maximum absolute atomic E-state index is 12.0. The molecule has 0 bridgehead atoms. The van der Waals surface area contributed by atoms with E-state index in [2.05, 4.69) is 40.9 Å². The number of carbonyl (C=O) groups excluding carboxylic acids is 1. The number of nitrogens with two attached hydrogens (primary N) is 1. The third-order valence-corrected chi connectivity index (χ3v) is 3.82. The van der Waals surface area contributed by atoms with Crippen molar-refractivity contribution < 1.29 is 4.79 Å². The first-order valence-electron chi connectivity index (χ1n) is 6.06. The third kappa shape index (κ3) is 2.37. The van der Waals surface area contributed by atoms with Crippen LogP contribution in [-0.4, -0.2) is 32.6 Å². The number of rotatable bonds is 1. The van der Waals surface area contributed by atoms with Crippen LogP contribution >= 0.6 is 15.9 Å². The SMILES string of the molecule is Cc1cc(Br)c2c(c1)N(C)CCCN2C(=O)CN. The molecule has 0 unspecified atom stereocenters. The fourth-order valence-corrected chi connectivity index (χ4v) is 3.11. The van der Waals surface area contributed by atoms with Crippen LogP contribution in [-0.2, 0) is 4.79 Å². The van der Waals surface area contributed by atoms with Crippen LogP contribution in [0.25, 0.3) is 0 Å². The van der Waals surface area contributed by atoms with Gasteiger partial charge in [-0.2, -0.15) is 0 Å². The largest absolute Gasteiger partial charge is 0.373 e. The van der Waals surface area contributed by atoms with E-state index in [0.717, 1.165) is 35.4 Å². The Morgan fingerprint density at radius 2 is 2.17 bits per heavy atom. The van der Waals surface area contributed by atoms with Gasteiger partial charge in [0, 0.05) is 24.6 Å². The first kappa shape index (κ1) is 13.4. The lowest BCUT2D eigenvalue weighted by molar-refractivity contribution is -0.117. The van der Waals surface area contributed by atoms with Crippen LogP contribution in [0.2, 0.25) is 0 Å². The van der Waals surface area contributed by atoms with Crippen LogP contribution in [0.4, 0.5) is 11.4 Å². The summed E-state index contributed by atoms with van der Waals surface area (Å²) in [6.07, 6.45) is 0.947. The average Bonchev–Trinajstić information content (AvgIpc) is 2.49. The number of fused-ring (bicyclic) bond motifs is 1. The number of amides is 1. The Morgan fingerprint density at radius 1 is 1.44 bits per heavy atom. The number of anilines is 2. The molecule has 18 heavy (non-hydrogen) atoms. The molecule has 0 aliphatic carbocycles. The predicted molar refractivity (Wildman–Crippen MR) is 78.2 cm³/mol. The normalized spacial score (nSPS) is 15.3. The van der Waals surface area contributed by atoms with Crippen molar-refractivity contribution in [2.24, 2.45) is 5.73 Å². The van der Waals surface area contributed by atoms with Gasteiger partial charge in [0.2, 0.25) is 5.91 Å². The standard InChI is InChI=1S/C13H18BrN3O/c1-9-6-10(14)13-11(7-9)16(2)4-3-5-17(13)12(18)8-15/h6-7H,3-5,8,15H2,1-2H3. The number of halogens is 1. The molecule has 1 aliphatic rings. The quantitative estimate of drug-likeness (QED) is 0.861. The molecule has 0 atom stereocenters. The fourth-order valence-electron chi connectivity index (χ4n) is 2.33. The molecule has 1 aliphatic heterocycles. The van der Waals surface area contributed by atoms with E-state index >= 15 is 0 Å². The first-order valence-corrected chi connectivity index (χ1v) is 6.85. The highest BCUT2D eigenvalue weighted by atomic mass is 79.9. The van der Waals surface area contributed by atoms with Gasteiger partial charge in [-0.05, 0) is 47.0 Å². The maximum Gasteiger partial charge on any atom is 0.240 e. The van der Waals surface area contributed by atoms with E-state index in [1.807, 2.05) is 6.07 Å². The molecule has 0 saturated heterocycles. The molecule has 0 aromatic heterocycles. The summed E-state index contributed by atoms with van der Waals surface area (Å²) in [5.74, 6) is -0.0314. The van der Waals surface area contributed by atoms with Gasteiger partial charge in [0.15, 0.2) is 0 Å². The lowest BCUT2D eigenvalue weighted by Crippen LogP contribution is -2.36. The number of aryl methyl sites for hydroxylation is 1. The molecule has 1 amide bonds. The predicted octanol–water partition coefficient (Wildman–Crippen LogP) is 1.89. The summed E-state index contributed by atoms with van der Waals surface area (Å²) >= 11 is 3.57. The number of carbonyl (C=O) groups is 1. The zero-order chi connectivity index (χ0) is 13.3. The van der Waals surface area contributed by atoms with Gasteiger partial charge < -0.3 is 15.5 Å². The molecule has 1 aromatic rings. The summed E-state index contributed by atoms with van der Waals surface area (Å²) in [7, 11) is 2.06. The van der Waals surface area contributed by atoms with Crippen molar-refractivity contribution in [2.45, 2.75) is 13.3 Å². The second-order valence-corrected chi connectivity index (χ2v) is 5.49. The summed E-state index contributed by atoms with van der Waals surface area (Å²) in [4.78, 5) is 16.0. The number of hydrogen-bond donors (Lipinski definition) is 1. The Morgan fingerprint density at radius 3 is 2.83 bits per heavy atom.